The number of aromatic hydroxyl groups is 1. The van der Waals surface area contributed by atoms with E-state index >= 15 is 0 Å². The lowest BCUT2D eigenvalue weighted by Gasteiger charge is -2.11. The number of aryl methyl sites for hydroxylation is 1. The van der Waals surface area contributed by atoms with Gasteiger partial charge in [0.05, 0.1) is 5.56 Å². The summed E-state index contributed by atoms with van der Waals surface area (Å²) in [6, 6.07) is 10.3. The Morgan fingerprint density at radius 3 is 2.39 bits per heavy atom. The van der Waals surface area contributed by atoms with Crippen LogP contribution >= 0.6 is 0 Å². The fraction of sp³-hybridized carbons (Fsp3) is 0.133. The molecule has 0 radical (unpaired) electrons. The first-order chi connectivity index (χ1) is 8.50. The Morgan fingerprint density at radius 1 is 1.06 bits per heavy atom. The predicted octanol–water partition coefficient (Wildman–Crippen LogP) is 3.37. The second-order valence-electron chi connectivity index (χ2n) is 4.28. The van der Waals surface area contributed by atoms with Crippen LogP contribution in [0.25, 0.3) is 11.1 Å². The molecule has 0 aromatic heterocycles. The van der Waals surface area contributed by atoms with Crippen molar-refractivity contribution in [3.63, 3.8) is 0 Å². The van der Waals surface area contributed by atoms with Gasteiger partial charge in [-0.1, -0.05) is 18.2 Å². The second-order valence-corrected chi connectivity index (χ2v) is 4.28. The van der Waals surface area contributed by atoms with Crippen molar-refractivity contribution >= 4 is 5.97 Å². The summed E-state index contributed by atoms with van der Waals surface area (Å²) in [6.45, 7) is 3.71. The van der Waals surface area contributed by atoms with Crippen LogP contribution in [0.15, 0.2) is 36.4 Å². The van der Waals surface area contributed by atoms with Gasteiger partial charge in [-0.05, 0) is 54.3 Å². The average molecular weight is 242 g/mol. The number of carboxylic acids is 1. The van der Waals surface area contributed by atoms with Gasteiger partial charge in [0.15, 0.2) is 0 Å². The lowest BCUT2D eigenvalue weighted by atomic mass is 9.95. The monoisotopic (exact) mass is 242 g/mol. The van der Waals surface area contributed by atoms with E-state index in [-0.39, 0.29) is 11.3 Å². The van der Waals surface area contributed by atoms with Crippen LogP contribution in [-0.4, -0.2) is 16.2 Å². The van der Waals surface area contributed by atoms with Gasteiger partial charge in [-0.15, -0.1) is 0 Å². The summed E-state index contributed by atoms with van der Waals surface area (Å²) < 4.78 is 0. The highest BCUT2D eigenvalue weighted by molar-refractivity contribution is 5.89. The van der Waals surface area contributed by atoms with Crippen molar-refractivity contribution in [2.75, 3.05) is 0 Å². The lowest BCUT2D eigenvalue weighted by Crippen LogP contribution is -1.97. The van der Waals surface area contributed by atoms with Crippen LogP contribution in [0.2, 0.25) is 0 Å². The zero-order valence-electron chi connectivity index (χ0n) is 10.3. The molecule has 92 valence electrons. The van der Waals surface area contributed by atoms with Gasteiger partial charge < -0.3 is 10.2 Å². The summed E-state index contributed by atoms with van der Waals surface area (Å²) in [5.41, 5.74) is 3.80. The van der Waals surface area contributed by atoms with Crippen LogP contribution in [0.5, 0.6) is 5.75 Å². The minimum Gasteiger partial charge on any atom is -0.508 e. The van der Waals surface area contributed by atoms with E-state index in [1.54, 1.807) is 30.3 Å². The van der Waals surface area contributed by atoms with Gasteiger partial charge in [-0.3, -0.25) is 0 Å². The van der Waals surface area contributed by atoms with Crippen molar-refractivity contribution in [1.82, 2.24) is 0 Å². The average Bonchev–Trinajstić information content (AvgIpc) is 2.33. The molecule has 0 bridgehead atoms. The number of hydrogen-bond acceptors (Lipinski definition) is 2. The topological polar surface area (TPSA) is 57.5 Å². The maximum absolute atomic E-state index is 10.9. The Hall–Kier alpha value is -2.29. The molecule has 0 atom stereocenters. The molecule has 0 unspecified atom stereocenters. The second kappa shape index (κ2) is 4.53. The summed E-state index contributed by atoms with van der Waals surface area (Å²) >= 11 is 0. The van der Waals surface area contributed by atoms with E-state index in [1.165, 1.54) is 0 Å². The van der Waals surface area contributed by atoms with Crippen LogP contribution in [0, 0.1) is 13.8 Å². The Labute approximate surface area is 105 Å². The molecular formula is C15H14O3. The molecule has 0 spiro atoms. The summed E-state index contributed by atoms with van der Waals surface area (Å²) in [6.07, 6.45) is 0. The molecule has 2 aromatic carbocycles. The molecule has 2 aromatic rings. The van der Waals surface area contributed by atoms with Gasteiger partial charge in [0.1, 0.15) is 5.75 Å². The minimum absolute atomic E-state index is 0.245. The van der Waals surface area contributed by atoms with Gasteiger partial charge >= 0.3 is 5.97 Å². The van der Waals surface area contributed by atoms with E-state index in [0.717, 1.165) is 22.3 Å². The van der Waals surface area contributed by atoms with Crippen LogP contribution in [0.4, 0.5) is 0 Å². The number of carbonyl (C=O) groups is 1. The molecule has 3 heteroatoms. The van der Waals surface area contributed by atoms with Crippen LogP contribution in [-0.2, 0) is 0 Å². The first-order valence-electron chi connectivity index (χ1n) is 5.63. The molecule has 0 saturated heterocycles. The van der Waals surface area contributed by atoms with Gasteiger partial charge in [0, 0.05) is 0 Å². The number of benzene rings is 2. The largest absolute Gasteiger partial charge is 0.508 e. The van der Waals surface area contributed by atoms with Crippen molar-refractivity contribution in [2.45, 2.75) is 13.8 Å². The van der Waals surface area contributed by atoms with Crippen molar-refractivity contribution in [2.24, 2.45) is 0 Å². The molecular weight excluding hydrogens is 228 g/mol. The van der Waals surface area contributed by atoms with Gasteiger partial charge in [-0.2, -0.15) is 0 Å². The Kier molecular flexibility index (Phi) is 3.06. The molecule has 0 amide bonds. The first-order valence-corrected chi connectivity index (χ1v) is 5.63. The van der Waals surface area contributed by atoms with Gasteiger partial charge in [-0.25, -0.2) is 4.79 Å². The predicted molar refractivity (Wildman–Crippen MR) is 70.0 cm³/mol. The number of phenols is 1. The van der Waals surface area contributed by atoms with Crippen molar-refractivity contribution < 1.29 is 15.0 Å². The molecule has 3 nitrogen and oxygen atoms in total. The van der Waals surface area contributed by atoms with Crippen LogP contribution in [0.3, 0.4) is 0 Å². The molecule has 0 aliphatic carbocycles. The summed E-state index contributed by atoms with van der Waals surface area (Å²) in [5, 5.41) is 18.6. The van der Waals surface area contributed by atoms with Crippen molar-refractivity contribution in [3.8, 4) is 16.9 Å². The zero-order valence-corrected chi connectivity index (χ0v) is 10.3. The molecule has 2 rings (SSSR count). The van der Waals surface area contributed by atoms with E-state index in [1.807, 2.05) is 19.9 Å². The van der Waals surface area contributed by atoms with Crippen molar-refractivity contribution in [1.29, 1.82) is 0 Å². The molecule has 0 saturated carbocycles. The Bertz CT molecular complexity index is 615. The highest BCUT2D eigenvalue weighted by atomic mass is 16.4. The fourth-order valence-electron chi connectivity index (χ4n) is 2.01. The summed E-state index contributed by atoms with van der Waals surface area (Å²) in [5.74, 6) is -0.688. The maximum Gasteiger partial charge on any atom is 0.335 e. The zero-order chi connectivity index (χ0) is 13.3. The fourth-order valence-corrected chi connectivity index (χ4v) is 2.01. The quantitative estimate of drug-likeness (QED) is 0.848. The third kappa shape index (κ3) is 2.07. The third-order valence-electron chi connectivity index (χ3n) is 3.07. The highest BCUT2D eigenvalue weighted by Gasteiger charge is 2.10. The standard InChI is InChI=1S/C15H14O3/c1-9-8-11(15(17)18)6-7-12(9)13-4-3-5-14(16)10(13)2/h3-8,16H,1-2H3,(H,17,18). The smallest absolute Gasteiger partial charge is 0.335 e. The maximum atomic E-state index is 10.9. The number of hydrogen-bond donors (Lipinski definition) is 2. The van der Waals surface area contributed by atoms with Crippen LogP contribution < -0.4 is 0 Å². The lowest BCUT2D eigenvalue weighted by molar-refractivity contribution is 0.0697. The van der Waals surface area contributed by atoms with Gasteiger partial charge in [0.25, 0.3) is 0 Å². The highest BCUT2D eigenvalue weighted by Crippen LogP contribution is 2.31. The van der Waals surface area contributed by atoms with Crippen molar-refractivity contribution in [3.05, 3.63) is 53.1 Å². The number of rotatable bonds is 2. The Balaban J connectivity index is 2.58. The van der Waals surface area contributed by atoms with E-state index in [2.05, 4.69) is 0 Å². The van der Waals surface area contributed by atoms with E-state index in [4.69, 9.17) is 5.11 Å². The molecule has 0 aliphatic rings. The summed E-state index contributed by atoms with van der Waals surface area (Å²) in [4.78, 5) is 10.9. The SMILES string of the molecule is Cc1cc(C(=O)O)ccc1-c1cccc(O)c1C. The molecule has 0 fully saturated rings. The number of carboxylic acid groups (broad SMARTS) is 1. The molecule has 0 heterocycles. The number of aromatic carboxylic acids is 1. The van der Waals surface area contributed by atoms with Gasteiger partial charge in [0.2, 0.25) is 0 Å². The van der Waals surface area contributed by atoms with E-state index in [0.29, 0.717) is 0 Å². The molecule has 2 N–H and O–H groups in total. The summed E-state index contributed by atoms with van der Waals surface area (Å²) in [7, 11) is 0. The van der Waals surface area contributed by atoms with E-state index < -0.39 is 5.97 Å². The Morgan fingerprint density at radius 2 is 1.78 bits per heavy atom. The third-order valence-corrected chi connectivity index (χ3v) is 3.07. The van der Waals surface area contributed by atoms with E-state index in [9.17, 15) is 9.90 Å². The first kappa shape index (κ1) is 12.2. The normalized spacial score (nSPS) is 10.3. The van der Waals surface area contributed by atoms with Crippen LogP contribution in [0.1, 0.15) is 21.5 Å². The molecule has 18 heavy (non-hydrogen) atoms. The number of phenolic OH excluding ortho intramolecular Hbond substituents is 1. The minimum atomic E-state index is -0.933. The molecule has 0 aliphatic heterocycles.